The maximum absolute atomic E-state index is 9.42. The van der Waals surface area contributed by atoms with Crippen LogP contribution in [-0.2, 0) is 0 Å². The summed E-state index contributed by atoms with van der Waals surface area (Å²) in [4.78, 5) is 0. The van der Waals surface area contributed by atoms with Crippen LogP contribution in [0.15, 0.2) is 18.2 Å². The van der Waals surface area contributed by atoms with Crippen molar-refractivity contribution in [2.75, 3.05) is 25.3 Å². The second kappa shape index (κ2) is 5.69. The summed E-state index contributed by atoms with van der Waals surface area (Å²) in [5.41, 5.74) is 6.84. The van der Waals surface area contributed by atoms with Crippen molar-refractivity contribution in [3.8, 4) is 5.75 Å². The number of anilines is 1. The highest BCUT2D eigenvalue weighted by molar-refractivity contribution is 5.57. The van der Waals surface area contributed by atoms with Crippen molar-refractivity contribution in [3.63, 3.8) is 0 Å². The molecule has 1 aromatic rings. The lowest BCUT2D eigenvalue weighted by molar-refractivity contribution is 0.113. The molecular formula is C11H18N2O3. The normalized spacial score (nSPS) is 12.3. The maximum atomic E-state index is 9.42. The lowest BCUT2D eigenvalue weighted by atomic mass is 10.2. The molecule has 1 atom stereocenters. The third-order valence-electron chi connectivity index (χ3n) is 2.17. The van der Waals surface area contributed by atoms with Gasteiger partial charge in [0.1, 0.15) is 24.1 Å². The third-order valence-corrected chi connectivity index (χ3v) is 2.17. The van der Waals surface area contributed by atoms with E-state index in [1.165, 1.54) is 7.05 Å². The SMILES string of the molecule is Cc1ccc(OCC(O)CN)c(N(C)O)c1. The Kier molecular flexibility index (Phi) is 4.54. The van der Waals surface area contributed by atoms with Crippen LogP contribution in [0.1, 0.15) is 5.56 Å². The molecule has 4 N–H and O–H groups in total. The molecule has 0 aliphatic rings. The van der Waals surface area contributed by atoms with Crippen LogP contribution in [0.4, 0.5) is 5.69 Å². The van der Waals surface area contributed by atoms with Crippen LogP contribution in [0.25, 0.3) is 0 Å². The fraction of sp³-hybridized carbons (Fsp3) is 0.455. The average Bonchev–Trinajstić information content (AvgIpc) is 2.26. The summed E-state index contributed by atoms with van der Waals surface area (Å²) in [6.07, 6.45) is -0.696. The van der Waals surface area contributed by atoms with Gasteiger partial charge in [0.25, 0.3) is 0 Å². The monoisotopic (exact) mass is 226 g/mol. The van der Waals surface area contributed by atoms with Crippen LogP contribution in [0.3, 0.4) is 0 Å². The lowest BCUT2D eigenvalue weighted by Crippen LogP contribution is -2.27. The van der Waals surface area contributed by atoms with Crippen molar-refractivity contribution in [1.29, 1.82) is 0 Å². The Morgan fingerprint density at radius 3 is 2.75 bits per heavy atom. The van der Waals surface area contributed by atoms with E-state index in [9.17, 15) is 10.3 Å². The largest absolute Gasteiger partial charge is 0.489 e. The van der Waals surface area contributed by atoms with E-state index < -0.39 is 6.10 Å². The molecule has 5 heteroatoms. The molecule has 0 amide bonds. The van der Waals surface area contributed by atoms with E-state index in [2.05, 4.69) is 0 Å². The topological polar surface area (TPSA) is 79.0 Å². The predicted molar refractivity (Wildman–Crippen MR) is 61.9 cm³/mol. The second-order valence-corrected chi connectivity index (χ2v) is 3.70. The fourth-order valence-electron chi connectivity index (χ4n) is 1.26. The third kappa shape index (κ3) is 3.37. The number of benzene rings is 1. The first-order valence-corrected chi connectivity index (χ1v) is 5.08. The first-order chi connectivity index (χ1) is 7.54. The van der Waals surface area contributed by atoms with Crippen LogP contribution in [0, 0.1) is 6.92 Å². The van der Waals surface area contributed by atoms with Crippen molar-refractivity contribution in [2.24, 2.45) is 5.73 Å². The number of nitrogens with zero attached hydrogens (tertiary/aromatic N) is 1. The van der Waals surface area contributed by atoms with Gasteiger partial charge in [0, 0.05) is 13.6 Å². The van der Waals surface area contributed by atoms with Crippen molar-refractivity contribution in [1.82, 2.24) is 0 Å². The average molecular weight is 226 g/mol. The summed E-state index contributed by atoms with van der Waals surface area (Å²) in [7, 11) is 1.51. The van der Waals surface area contributed by atoms with Crippen LogP contribution >= 0.6 is 0 Å². The first-order valence-electron chi connectivity index (χ1n) is 5.08. The summed E-state index contributed by atoms with van der Waals surface area (Å²) >= 11 is 0. The van der Waals surface area contributed by atoms with Crippen molar-refractivity contribution < 1.29 is 15.1 Å². The molecule has 0 saturated carbocycles. The molecule has 1 unspecified atom stereocenters. The van der Waals surface area contributed by atoms with Gasteiger partial charge in [-0.3, -0.25) is 10.3 Å². The molecule has 0 aliphatic carbocycles. The standard InChI is InChI=1S/C11H18N2O3/c1-8-3-4-11(10(5-8)13(2)15)16-7-9(14)6-12/h3-5,9,14-15H,6-7,12H2,1-2H3. The Labute approximate surface area is 95.0 Å². The first kappa shape index (κ1) is 12.8. The molecule has 0 aliphatic heterocycles. The van der Waals surface area contributed by atoms with E-state index in [-0.39, 0.29) is 13.2 Å². The van der Waals surface area contributed by atoms with Gasteiger partial charge in [0.05, 0.1) is 0 Å². The molecule has 16 heavy (non-hydrogen) atoms. The Bertz CT molecular complexity index is 342. The number of hydrogen-bond donors (Lipinski definition) is 3. The smallest absolute Gasteiger partial charge is 0.145 e. The van der Waals surface area contributed by atoms with Crippen molar-refractivity contribution >= 4 is 5.69 Å². The quantitative estimate of drug-likeness (QED) is 0.638. The summed E-state index contributed by atoms with van der Waals surface area (Å²) in [6, 6.07) is 5.42. The number of aliphatic hydroxyl groups excluding tert-OH is 1. The Morgan fingerprint density at radius 1 is 1.50 bits per heavy atom. The van der Waals surface area contributed by atoms with Gasteiger partial charge in [-0.2, -0.15) is 0 Å². The molecule has 0 saturated heterocycles. The molecule has 1 rings (SSSR count). The number of aliphatic hydroxyl groups is 1. The molecule has 5 nitrogen and oxygen atoms in total. The Balaban J connectivity index is 2.78. The minimum Gasteiger partial charge on any atom is -0.489 e. The summed E-state index contributed by atoms with van der Waals surface area (Å²) in [6.45, 7) is 2.18. The summed E-state index contributed by atoms with van der Waals surface area (Å²) in [5.74, 6) is 0.517. The van der Waals surface area contributed by atoms with E-state index in [0.717, 1.165) is 10.6 Å². The van der Waals surface area contributed by atoms with Crippen LogP contribution < -0.4 is 15.5 Å². The van der Waals surface area contributed by atoms with Gasteiger partial charge in [0.15, 0.2) is 0 Å². The van der Waals surface area contributed by atoms with Crippen LogP contribution in [0.2, 0.25) is 0 Å². The number of aryl methyl sites for hydroxylation is 1. The number of nitrogens with two attached hydrogens (primary N) is 1. The summed E-state index contributed by atoms with van der Waals surface area (Å²) in [5, 5.41) is 19.7. The lowest BCUT2D eigenvalue weighted by Gasteiger charge is -2.18. The number of hydroxylamine groups is 1. The molecule has 0 aromatic heterocycles. The maximum Gasteiger partial charge on any atom is 0.145 e. The molecule has 0 heterocycles. The molecule has 0 fully saturated rings. The fourth-order valence-corrected chi connectivity index (χ4v) is 1.26. The molecule has 1 aromatic carbocycles. The van der Waals surface area contributed by atoms with Gasteiger partial charge in [0.2, 0.25) is 0 Å². The number of hydrogen-bond acceptors (Lipinski definition) is 5. The van der Waals surface area contributed by atoms with E-state index in [1.807, 2.05) is 13.0 Å². The van der Waals surface area contributed by atoms with E-state index in [0.29, 0.717) is 11.4 Å². The van der Waals surface area contributed by atoms with Gasteiger partial charge in [-0.1, -0.05) is 6.07 Å². The van der Waals surface area contributed by atoms with E-state index >= 15 is 0 Å². The van der Waals surface area contributed by atoms with E-state index in [4.69, 9.17) is 10.5 Å². The second-order valence-electron chi connectivity index (χ2n) is 3.70. The highest BCUT2D eigenvalue weighted by atomic mass is 16.5. The molecule has 0 bridgehead atoms. The number of ether oxygens (including phenoxy) is 1. The molecular weight excluding hydrogens is 208 g/mol. The van der Waals surface area contributed by atoms with Gasteiger partial charge >= 0.3 is 0 Å². The van der Waals surface area contributed by atoms with Crippen LogP contribution in [-0.4, -0.2) is 36.6 Å². The van der Waals surface area contributed by atoms with Gasteiger partial charge in [-0.15, -0.1) is 0 Å². The summed E-state index contributed by atoms with van der Waals surface area (Å²) < 4.78 is 5.37. The van der Waals surface area contributed by atoms with E-state index in [1.54, 1.807) is 12.1 Å². The zero-order valence-corrected chi connectivity index (χ0v) is 9.55. The predicted octanol–water partition coefficient (Wildman–Crippen LogP) is 0.519. The van der Waals surface area contributed by atoms with Gasteiger partial charge in [-0.05, 0) is 24.6 Å². The number of rotatable bonds is 5. The van der Waals surface area contributed by atoms with Gasteiger partial charge in [-0.25, -0.2) is 0 Å². The minimum absolute atomic E-state index is 0.112. The minimum atomic E-state index is -0.696. The van der Waals surface area contributed by atoms with Crippen molar-refractivity contribution in [3.05, 3.63) is 23.8 Å². The molecule has 90 valence electrons. The highest BCUT2D eigenvalue weighted by Gasteiger charge is 2.09. The zero-order valence-electron chi connectivity index (χ0n) is 9.55. The van der Waals surface area contributed by atoms with Gasteiger partial charge < -0.3 is 15.6 Å². The Morgan fingerprint density at radius 2 is 2.19 bits per heavy atom. The zero-order chi connectivity index (χ0) is 12.1. The highest BCUT2D eigenvalue weighted by Crippen LogP contribution is 2.27. The van der Waals surface area contributed by atoms with Crippen LogP contribution in [0.5, 0.6) is 5.75 Å². The molecule has 0 radical (unpaired) electrons. The molecule has 0 spiro atoms. The van der Waals surface area contributed by atoms with Crippen molar-refractivity contribution in [2.45, 2.75) is 13.0 Å². The Hall–Kier alpha value is -1.30.